The molecule has 0 spiro atoms. The van der Waals surface area contributed by atoms with E-state index in [1.54, 1.807) is 12.0 Å². The number of methoxy groups -OCH3 is 1. The first-order valence-electron chi connectivity index (χ1n) is 12.3. The normalized spacial score (nSPS) is 15.1. The molecule has 1 aliphatic rings. The van der Waals surface area contributed by atoms with Gasteiger partial charge in [-0.05, 0) is 74.6 Å². The Balaban J connectivity index is 1.75. The van der Waals surface area contributed by atoms with Gasteiger partial charge < -0.3 is 13.9 Å². The Labute approximate surface area is 219 Å². The maximum Gasteiger partial charge on any atom is 0.297 e. The minimum Gasteiger partial charge on any atom is -0.493 e. The lowest BCUT2D eigenvalue weighted by atomic mass is 9.97. The van der Waals surface area contributed by atoms with Crippen LogP contribution in [0.25, 0.3) is 11.0 Å². The highest BCUT2D eigenvalue weighted by Crippen LogP contribution is 2.44. The molecule has 7 nitrogen and oxygen atoms in total. The van der Waals surface area contributed by atoms with Crippen LogP contribution in [0.2, 0.25) is 0 Å². The second-order valence-electron chi connectivity index (χ2n) is 9.94. The summed E-state index contributed by atoms with van der Waals surface area (Å²) in [7, 11) is 1.58. The predicted molar refractivity (Wildman–Crippen MR) is 146 cm³/mol. The first-order chi connectivity index (χ1) is 17.6. The number of rotatable bonds is 6. The molecule has 1 amide bonds. The molecular formula is C29H30N2O5S. The van der Waals surface area contributed by atoms with Crippen LogP contribution >= 0.6 is 11.3 Å². The fourth-order valence-corrected chi connectivity index (χ4v) is 5.47. The Kier molecular flexibility index (Phi) is 6.31. The number of fused-ring (bicyclic) bond motifs is 2. The third-order valence-electron chi connectivity index (χ3n) is 6.79. The number of carbonyl (C=O) groups is 1. The number of aromatic nitrogens is 1. The number of amides is 1. The van der Waals surface area contributed by atoms with Gasteiger partial charge in [-0.2, -0.15) is 0 Å². The lowest BCUT2D eigenvalue weighted by Gasteiger charge is -2.23. The number of hydrogen-bond acceptors (Lipinski definition) is 7. The van der Waals surface area contributed by atoms with Crippen molar-refractivity contribution in [3.8, 4) is 11.5 Å². The van der Waals surface area contributed by atoms with E-state index in [1.807, 2.05) is 58.0 Å². The fourth-order valence-electron chi connectivity index (χ4n) is 4.53. The summed E-state index contributed by atoms with van der Waals surface area (Å²) in [5.41, 5.74) is 4.02. The summed E-state index contributed by atoms with van der Waals surface area (Å²) in [5, 5.41) is 0.975. The quantitative estimate of drug-likeness (QED) is 0.299. The molecule has 4 aromatic rings. The van der Waals surface area contributed by atoms with Gasteiger partial charge in [-0.15, -0.1) is 11.3 Å². The molecule has 192 valence electrons. The zero-order chi connectivity index (χ0) is 26.6. The van der Waals surface area contributed by atoms with Gasteiger partial charge >= 0.3 is 0 Å². The number of nitrogens with zero attached hydrogens (tertiary/aromatic N) is 2. The highest BCUT2D eigenvalue weighted by molar-refractivity contribution is 7.15. The number of aryl methyl sites for hydroxylation is 4. The Morgan fingerprint density at radius 2 is 1.78 bits per heavy atom. The van der Waals surface area contributed by atoms with Crippen molar-refractivity contribution in [2.24, 2.45) is 5.92 Å². The number of thiazole rings is 1. The van der Waals surface area contributed by atoms with Gasteiger partial charge in [0.1, 0.15) is 5.58 Å². The lowest BCUT2D eigenvalue weighted by molar-refractivity contribution is 0.0971. The molecule has 1 aliphatic heterocycles. The Morgan fingerprint density at radius 1 is 1.05 bits per heavy atom. The average molecular weight is 519 g/mol. The molecule has 37 heavy (non-hydrogen) atoms. The Bertz CT molecular complexity index is 1580. The second kappa shape index (κ2) is 9.34. The third-order valence-corrected chi connectivity index (χ3v) is 7.86. The molecule has 0 saturated carbocycles. The fraction of sp³-hybridized carbons (Fsp3) is 0.345. The van der Waals surface area contributed by atoms with E-state index in [4.69, 9.17) is 13.9 Å². The standard InChI is InChI=1S/C29H30N2O5S/c1-14(2)13-35-21-9-8-19(12-23(21)34-7)25-24-26(32)20-10-15(3)16(4)11-22(20)36-27(24)28(33)31(25)29-30-17(5)18(6)37-29/h8-12,14,25H,13H2,1-7H3. The molecule has 0 bridgehead atoms. The monoisotopic (exact) mass is 518 g/mol. The zero-order valence-corrected chi connectivity index (χ0v) is 22.9. The van der Waals surface area contributed by atoms with E-state index in [1.165, 1.54) is 11.3 Å². The molecule has 2 aromatic carbocycles. The second-order valence-corrected chi connectivity index (χ2v) is 11.1. The van der Waals surface area contributed by atoms with Crippen LogP contribution in [0.5, 0.6) is 11.5 Å². The molecule has 1 unspecified atom stereocenters. The maximum atomic E-state index is 13.9. The van der Waals surface area contributed by atoms with Crippen molar-refractivity contribution in [2.45, 2.75) is 47.6 Å². The van der Waals surface area contributed by atoms with Gasteiger partial charge in [0.15, 0.2) is 22.1 Å². The Hall–Kier alpha value is -3.65. The van der Waals surface area contributed by atoms with Crippen LogP contribution in [0.15, 0.2) is 39.5 Å². The van der Waals surface area contributed by atoms with Crippen molar-refractivity contribution in [3.63, 3.8) is 0 Å². The van der Waals surface area contributed by atoms with Gasteiger partial charge in [-0.1, -0.05) is 19.9 Å². The molecular weight excluding hydrogens is 488 g/mol. The van der Waals surface area contributed by atoms with Gasteiger partial charge in [0.25, 0.3) is 5.91 Å². The van der Waals surface area contributed by atoms with Gasteiger partial charge in [0.2, 0.25) is 5.76 Å². The van der Waals surface area contributed by atoms with Crippen molar-refractivity contribution in [1.82, 2.24) is 4.98 Å². The van der Waals surface area contributed by atoms with Crippen molar-refractivity contribution in [2.75, 3.05) is 18.6 Å². The van der Waals surface area contributed by atoms with Crippen LogP contribution in [-0.4, -0.2) is 24.6 Å². The van der Waals surface area contributed by atoms with E-state index in [9.17, 15) is 9.59 Å². The molecule has 8 heteroatoms. The largest absolute Gasteiger partial charge is 0.493 e. The number of hydrogen-bond donors (Lipinski definition) is 0. The number of ether oxygens (including phenoxy) is 2. The van der Waals surface area contributed by atoms with E-state index in [2.05, 4.69) is 18.8 Å². The zero-order valence-electron chi connectivity index (χ0n) is 22.1. The van der Waals surface area contributed by atoms with Gasteiger partial charge in [0, 0.05) is 4.88 Å². The molecule has 2 aromatic heterocycles. The molecule has 0 N–H and O–H groups in total. The van der Waals surface area contributed by atoms with Crippen LogP contribution < -0.4 is 19.8 Å². The summed E-state index contributed by atoms with van der Waals surface area (Å²) in [4.78, 5) is 35.0. The minimum absolute atomic E-state index is 0.0513. The topological polar surface area (TPSA) is 81.9 Å². The van der Waals surface area contributed by atoms with E-state index in [-0.39, 0.29) is 17.1 Å². The summed E-state index contributed by atoms with van der Waals surface area (Å²) in [6.45, 7) is 12.5. The van der Waals surface area contributed by atoms with Crippen molar-refractivity contribution in [3.05, 3.63) is 79.1 Å². The molecule has 3 heterocycles. The van der Waals surface area contributed by atoms with Gasteiger partial charge in [-0.25, -0.2) is 4.98 Å². The number of benzene rings is 2. The molecule has 0 aliphatic carbocycles. The van der Waals surface area contributed by atoms with Crippen LogP contribution in [0.4, 0.5) is 5.13 Å². The van der Waals surface area contributed by atoms with Crippen molar-refractivity contribution >= 4 is 33.3 Å². The van der Waals surface area contributed by atoms with Crippen LogP contribution in [-0.2, 0) is 0 Å². The molecule has 1 atom stereocenters. The average Bonchev–Trinajstić information content (AvgIpc) is 3.34. The minimum atomic E-state index is -0.720. The predicted octanol–water partition coefficient (Wildman–Crippen LogP) is 6.28. The summed E-state index contributed by atoms with van der Waals surface area (Å²) < 4.78 is 17.7. The summed E-state index contributed by atoms with van der Waals surface area (Å²) in [5.74, 6) is 1.15. The van der Waals surface area contributed by atoms with E-state index < -0.39 is 6.04 Å². The van der Waals surface area contributed by atoms with Crippen LogP contribution in [0, 0.1) is 33.6 Å². The van der Waals surface area contributed by atoms with Crippen LogP contribution in [0.1, 0.15) is 63.3 Å². The van der Waals surface area contributed by atoms with E-state index >= 15 is 0 Å². The summed E-state index contributed by atoms with van der Waals surface area (Å²) in [6, 6.07) is 8.46. The van der Waals surface area contributed by atoms with Crippen LogP contribution in [0.3, 0.4) is 0 Å². The number of carbonyl (C=O) groups excluding carboxylic acids is 1. The molecule has 0 fully saturated rings. The lowest BCUT2D eigenvalue weighted by Crippen LogP contribution is -2.29. The SMILES string of the molecule is COc1cc(C2c3c(oc4cc(C)c(C)cc4c3=O)C(=O)N2c2nc(C)c(C)s2)ccc1OCC(C)C. The van der Waals surface area contributed by atoms with Gasteiger partial charge in [0.05, 0.1) is 36.4 Å². The maximum absolute atomic E-state index is 13.9. The first-order valence-corrected chi connectivity index (χ1v) is 13.1. The first kappa shape index (κ1) is 25.0. The Morgan fingerprint density at radius 3 is 2.43 bits per heavy atom. The molecule has 0 radical (unpaired) electrons. The number of anilines is 1. The molecule has 5 rings (SSSR count). The smallest absolute Gasteiger partial charge is 0.297 e. The third kappa shape index (κ3) is 4.19. The highest BCUT2D eigenvalue weighted by Gasteiger charge is 2.45. The molecule has 0 saturated heterocycles. The van der Waals surface area contributed by atoms with Gasteiger partial charge in [-0.3, -0.25) is 14.5 Å². The summed E-state index contributed by atoms with van der Waals surface area (Å²) >= 11 is 1.42. The van der Waals surface area contributed by atoms with E-state index in [0.29, 0.717) is 51.3 Å². The van der Waals surface area contributed by atoms with Crippen molar-refractivity contribution in [1.29, 1.82) is 0 Å². The van der Waals surface area contributed by atoms with Crippen molar-refractivity contribution < 1.29 is 18.7 Å². The summed E-state index contributed by atoms with van der Waals surface area (Å²) in [6.07, 6.45) is 0. The highest BCUT2D eigenvalue weighted by atomic mass is 32.1. The van der Waals surface area contributed by atoms with E-state index in [0.717, 1.165) is 21.7 Å².